The Morgan fingerprint density at radius 1 is 1.27 bits per heavy atom. The van der Waals surface area contributed by atoms with Crippen LogP contribution in [-0.4, -0.2) is 47.6 Å². The van der Waals surface area contributed by atoms with Crippen LogP contribution in [0.5, 0.6) is 0 Å². The number of anilines is 1. The van der Waals surface area contributed by atoms with Gasteiger partial charge in [0.1, 0.15) is 6.54 Å². The number of Topliss-reactive ketones (excluding diaryl/α,β-unsaturated/α-hetero) is 1. The zero-order valence-electron chi connectivity index (χ0n) is 12.5. The molecule has 1 fully saturated rings. The minimum atomic E-state index is -0.918. The van der Waals surface area contributed by atoms with Gasteiger partial charge in [-0.2, -0.15) is 0 Å². The summed E-state index contributed by atoms with van der Waals surface area (Å²) in [5.74, 6) is -0.968. The fraction of sp³-hybridized carbons (Fsp3) is 0.375. The standard InChI is InChI=1S/C16H19N3O3/c1-11(20)14-9-19(10-16(21)22)15-3-2-12(8-13(14)15)18-6-4-17-5-7-18/h2-3,8-9,17H,4-7,10H2,1H3,(H,21,22). The van der Waals surface area contributed by atoms with Gasteiger partial charge in [-0.3, -0.25) is 9.59 Å². The van der Waals surface area contributed by atoms with Gasteiger partial charge in [-0.05, 0) is 25.1 Å². The Hall–Kier alpha value is -2.34. The van der Waals surface area contributed by atoms with Gasteiger partial charge < -0.3 is 19.9 Å². The largest absolute Gasteiger partial charge is 0.480 e. The second-order valence-electron chi connectivity index (χ2n) is 5.56. The van der Waals surface area contributed by atoms with E-state index in [0.717, 1.165) is 42.8 Å². The van der Waals surface area contributed by atoms with Crippen LogP contribution >= 0.6 is 0 Å². The molecule has 1 aromatic carbocycles. The maximum absolute atomic E-state index is 11.9. The summed E-state index contributed by atoms with van der Waals surface area (Å²) in [4.78, 5) is 25.1. The topological polar surface area (TPSA) is 74.6 Å². The molecule has 6 nitrogen and oxygen atoms in total. The van der Waals surface area contributed by atoms with E-state index in [0.29, 0.717) is 5.56 Å². The number of nitrogens with zero attached hydrogens (tertiary/aromatic N) is 2. The summed E-state index contributed by atoms with van der Waals surface area (Å²) < 4.78 is 1.62. The lowest BCUT2D eigenvalue weighted by Crippen LogP contribution is -2.43. The number of aliphatic carboxylic acids is 1. The van der Waals surface area contributed by atoms with Crippen LogP contribution in [0.15, 0.2) is 24.4 Å². The van der Waals surface area contributed by atoms with E-state index in [1.807, 2.05) is 18.2 Å². The van der Waals surface area contributed by atoms with E-state index in [4.69, 9.17) is 5.11 Å². The van der Waals surface area contributed by atoms with Crippen molar-refractivity contribution in [3.63, 3.8) is 0 Å². The minimum Gasteiger partial charge on any atom is -0.480 e. The highest BCUT2D eigenvalue weighted by atomic mass is 16.4. The van der Waals surface area contributed by atoms with Gasteiger partial charge >= 0.3 is 5.97 Å². The van der Waals surface area contributed by atoms with Crippen LogP contribution in [0.1, 0.15) is 17.3 Å². The van der Waals surface area contributed by atoms with Gasteiger partial charge in [0.25, 0.3) is 0 Å². The highest BCUT2D eigenvalue weighted by Crippen LogP contribution is 2.27. The molecule has 1 saturated heterocycles. The van der Waals surface area contributed by atoms with Crippen molar-refractivity contribution in [2.24, 2.45) is 0 Å². The number of aromatic nitrogens is 1. The van der Waals surface area contributed by atoms with Crippen molar-refractivity contribution < 1.29 is 14.7 Å². The van der Waals surface area contributed by atoms with Crippen molar-refractivity contribution in [2.45, 2.75) is 13.5 Å². The highest BCUT2D eigenvalue weighted by molar-refractivity contribution is 6.08. The summed E-state index contributed by atoms with van der Waals surface area (Å²) in [6.07, 6.45) is 1.64. The highest BCUT2D eigenvalue weighted by Gasteiger charge is 2.16. The third-order valence-corrected chi connectivity index (χ3v) is 4.03. The molecule has 3 rings (SSSR count). The van der Waals surface area contributed by atoms with Gasteiger partial charge in [0, 0.05) is 54.5 Å². The van der Waals surface area contributed by atoms with Crippen molar-refractivity contribution in [3.8, 4) is 0 Å². The predicted octanol–water partition coefficient (Wildman–Crippen LogP) is 1.34. The summed E-state index contributed by atoms with van der Waals surface area (Å²) in [6, 6.07) is 5.90. The first kappa shape index (κ1) is 14.6. The molecule has 0 radical (unpaired) electrons. The van der Waals surface area contributed by atoms with Crippen molar-refractivity contribution in [3.05, 3.63) is 30.0 Å². The monoisotopic (exact) mass is 301 g/mol. The number of hydrogen-bond acceptors (Lipinski definition) is 4. The zero-order valence-corrected chi connectivity index (χ0v) is 12.5. The van der Waals surface area contributed by atoms with Gasteiger partial charge in [0.2, 0.25) is 0 Å². The number of carbonyl (C=O) groups is 2. The molecule has 0 saturated carbocycles. The van der Waals surface area contributed by atoms with E-state index in [2.05, 4.69) is 10.2 Å². The summed E-state index contributed by atoms with van der Waals surface area (Å²) in [5.41, 5.74) is 2.43. The molecule has 0 amide bonds. The van der Waals surface area contributed by atoms with E-state index in [1.54, 1.807) is 10.8 Å². The first-order chi connectivity index (χ1) is 10.6. The van der Waals surface area contributed by atoms with E-state index < -0.39 is 5.97 Å². The van der Waals surface area contributed by atoms with Crippen LogP contribution in [0.2, 0.25) is 0 Å². The Bertz CT molecular complexity index is 730. The van der Waals surface area contributed by atoms with Crippen LogP contribution in [0, 0.1) is 0 Å². The van der Waals surface area contributed by atoms with Gasteiger partial charge in [0.15, 0.2) is 5.78 Å². The third kappa shape index (κ3) is 2.69. The molecule has 6 heteroatoms. The molecule has 22 heavy (non-hydrogen) atoms. The number of benzene rings is 1. The molecule has 0 spiro atoms. The lowest BCUT2D eigenvalue weighted by molar-refractivity contribution is -0.137. The molecule has 0 bridgehead atoms. The summed E-state index contributed by atoms with van der Waals surface area (Å²) >= 11 is 0. The van der Waals surface area contributed by atoms with Gasteiger partial charge in [-0.15, -0.1) is 0 Å². The van der Waals surface area contributed by atoms with Gasteiger partial charge in [0.05, 0.1) is 0 Å². The predicted molar refractivity (Wildman–Crippen MR) is 84.7 cm³/mol. The molecule has 2 heterocycles. The number of rotatable bonds is 4. The Morgan fingerprint density at radius 3 is 2.64 bits per heavy atom. The second-order valence-corrected chi connectivity index (χ2v) is 5.56. The van der Waals surface area contributed by atoms with E-state index in [9.17, 15) is 9.59 Å². The molecule has 1 aromatic heterocycles. The number of carboxylic acids is 1. The lowest BCUT2D eigenvalue weighted by atomic mass is 10.1. The Labute approximate surface area is 128 Å². The third-order valence-electron chi connectivity index (χ3n) is 4.03. The zero-order chi connectivity index (χ0) is 15.7. The molecule has 0 unspecified atom stereocenters. The number of carboxylic acid groups (broad SMARTS) is 1. The van der Waals surface area contributed by atoms with E-state index in [-0.39, 0.29) is 12.3 Å². The number of piperazine rings is 1. The molecular formula is C16H19N3O3. The minimum absolute atomic E-state index is 0.0494. The van der Waals surface area contributed by atoms with Crippen LogP contribution in [0.25, 0.3) is 10.9 Å². The molecule has 1 aliphatic heterocycles. The van der Waals surface area contributed by atoms with Crippen molar-refractivity contribution >= 4 is 28.3 Å². The Morgan fingerprint density at radius 2 is 2.00 bits per heavy atom. The van der Waals surface area contributed by atoms with Crippen molar-refractivity contribution in [2.75, 3.05) is 31.1 Å². The fourth-order valence-electron chi connectivity index (χ4n) is 2.96. The summed E-state index contributed by atoms with van der Waals surface area (Å²) in [5, 5.41) is 13.1. The number of nitrogens with one attached hydrogen (secondary N) is 1. The average molecular weight is 301 g/mol. The fourth-order valence-corrected chi connectivity index (χ4v) is 2.96. The Balaban J connectivity index is 2.07. The number of fused-ring (bicyclic) bond motifs is 1. The van der Waals surface area contributed by atoms with E-state index in [1.165, 1.54) is 6.92 Å². The van der Waals surface area contributed by atoms with E-state index >= 15 is 0 Å². The smallest absolute Gasteiger partial charge is 0.323 e. The summed E-state index contributed by atoms with van der Waals surface area (Å²) in [7, 11) is 0. The normalized spacial score (nSPS) is 15.2. The molecule has 0 atom stereocenters. The molecule has 0 aliphatic carbocycles. The SMILES string of the molecule is CC(=O)c1cn(CC(=O)O)c2ccc(N3CCNCC3)cc12. The average Bonchev–Trinajstić information content (AvgIpc) is 2.86. The maximum Gasteiger partial charge on any atom is 0.323 e. The van der Waals surface area contributed by atoms with Crippen molar-refractivity contribution in [1.82, 2.24) is 9.88 Å². The summed E-state index contributed by atoms with van der Waals surface area (Å²) in [6.45, 7) is 5.11. The molecule has 116 valence electrons. The lowest BCUT2D eigenvalue weighted by Gasteiger charge is -2.29. The second kappa shape index (κ2) is 5.81. The van der Waals surface area contributed by atoms with Crippen molar-refractivity contribution in [1.29, 1.82) is 0 Å². The van der Waals surface area contributed by atoms with Crippen LogP contribution in [0.3, 0.4) is 0 Å². The van der Waals surface area contributed by atoms with Crippen LogP contribution < -0.4 is 10.2 Å². The first-order valence-electron chi connectivity index (χ1n) is 7.37. The number of ketones is 1. The Kier molecular flexibility index (Phi) is 3.85. The van der Waals surface area contributed by atoms with Crippen LogP contribution in [0.4, 0.5) is 5.69 Å². The van der Waals surface area contributed by atoms with Gasteiger partial charge in [-0.25, -0.2) is 0 Å². The maximum atomic E-state index is 11.9. The molecule has 2 aromatic rings. The first-order valence-corrected chi connectivity index (χ1v) is 7.37. The van der Waals surface area contributed by atoms with Crippen LogP contribution in [-0.2, 0) is 11.3 Å². The number of carbonyl (C=O) groups excluding carboxylic acids is 1. The van der Waals surface area contributed by atoms with Gasteiger partial charge in [-0.1, -0.05) is 0 Å². The molecule has 1 aliphatic rings. The molecule has 2 N–H and O–H groups in total. The number of hydrogen-bond donors (Lipinski definition) is 2. The quantitative estimate of drug-likeness (QED) is 0.834. The molecular weight excluding hydrogens is 282 g/mol.